The molecule has 160 valence electrons. The molecule has 2 aromatic rings. The van der Waals surface area contributed by atoms with Crippen LogP contribution < -0.4 is 0 Å². The highest BCUT2D eigenvalue weighted by Crippen LogP contribution is 2.19. The summed E-state index contributed by atoms with van der Waals surface area (Å²) in [4.78, 5) is 12.5. The van der Waals surface area contributed by atoms with Crippen LogP contribution in [0, 0.1) is 0 Å². The zero-order valence-electron chi connectivity index (χ0n) is 18.0. The van der Waals surface area contributed by atoms with Crippen LogP contribution in [0.25, 0.3) is 11.4 Å². The van der Waals surface area contributed by atoms with Crippen molar-refractivity contribution in [2.24, 2.45) is 0 Å². The van der Waals surface area contributed by atoms with Crippen LogP contribution in [0.4, 0.5) is 0 Å². The van der Waals surface area contributed by atoms with E-state index in [-0.39, 0.29) is 0 Å². The van der Waals surface area contributed by atoms with Gasteiger partial charge in [0.25, 0.3) is 0 Å². The zero-order valence-corrected chi connectivity index (χ0v) is 18.0. The third-order valence-electron chi connectivity index (χ3n) is 5.38. The molecule has 0 spiro atoms. The lowest BCUT2D eigenvalue weighted by atomic mass is 10.0. The molecule has 1 aromatic heterocycles. The number of aliphatic carboxylic acids is 1. The smallest absolute Gasteiger partial charge is 0.330 e. The zero-order chi connectivity index (χ0) is 20.9. The highest BCUT2D eigenvalue weighted by molar-refractivity contribution is 5.71. The molecule has 0 saturated carbocycles. The van der Waals surface area contributed by atoms with E-state index in [1.807, 2.05) is 12.1 Å². The maximum Gasteiger partial charge on any atom is 0.330 e. The minimum atomic E-state index is -0.939. The SMILES string of the molecule is CCCCCCCCCCCCc1cccc(-c2nnn(C(CC)C(=O)O)n2)c1. The van der Waals surface area contributed by atoms with E-state index in [2.05, 4.69) is 34.5 Å². The predicted molar refractivity (Wildman–Crippen MR) is 116 cm³/mol. The Kier molecular flexibility index (Phi) is 10.4. The van der Waals surface area contributed by atoms with Crippen LogP contribution in [-0.2, 0) is 11.2 Å². The molecule has 6 nitrogen and oxygen atoms in total. The maximum absolute atomic E-state index is 11.3. The Labute approximate surface area is 174 Å². The van der Waals surface area contributed by atoms with Gasteiger partial charge >= 0.3 is 5.97 Å². The molecular weight excluding hydrogens is 364 g/mol. The molecule has 6 heteroatoms. The van der Waals surface area contributed by atoms with Crippen LogP contribution in [0.5, 0.6) is 0 Å². The minimum absolute atomic E-state index is 0.421. The van der Waals surface area contributed by atoms with Crippen molar-refractivity contribution in [2.45, 2.75) is 96.9 Å². The molecular formula is C23H36N4O2. The Morgan fingerprint density at radius 3 is 2.28 bits per heavy atom. The molecule has 1 heterocycles. The summed E-state index contributed by atoms with van der Waals surface area (Å²) in [6, 6.07) is 7.41. The van der Waals surface area contributed by atoms with Crippen molar-refractivity contribution in [3.05, 3.63) is 29.8 Å². The molecule has 0 bridgehead atoms. The molecule has 0 aliphatic carbocycles. The topological polar surface area (TPSA) is 80.9 Å². The lowest BCUT2D eigenvalue weighted by molar-refractivity contribution is -0.141. The second-order valence-electron chi connectivity index (χ2n) is 7.83. The molecule has 29 heavy (non-hydrogen) atoms. The number of carboxylic acid groups (broad SMARTS) is 1. The Balaban J connectivity index is 1.74. The molecule has 1 unspecified atom stereocenters. The molecule has 0 saturated heterocycles. The second-order valence-corrected chi connectivity index (χ2v) is 7.83. The summed E-state index contributed by atoms with van der Waals surface area (Å²) in [7, 11) is 0. The van der Waals surface area contributed by atoms with E-state index >= 15 is 0 Å². The van der Waals surface area contributed by atoms with Crippen molar-refractivity contribution in [3.8, 4) is 11.4 Å². The van der Waals surface area contributed by atoms with E-state index < -0.39 is 12.0 Å². The van der Waals surface area contributed by atoms with Gasteiger partial charge in [-0.25, -0.2) is 4.79 Å². The van der Waals surface area contributed by atoms with E-state index in [0.717, 1.165) is 12.0 Å². The quantitative estimate of drug-likeness (QED) is 0.380. The first kappa shape index (κ1) is 23.0. The van der Waals surface area contributed by atoms with E-state index in [0.29, 0.717) is 12.2 Å². The molecule has 1 atom stereocenters. The van der Waals surface area contributed by atoms with Gasteiger partial charge in [-0.2, -0.15) is 0 Å². The highest BCUT2D eigenvalue weighted by Gasteiger charge is 2.20. The molecule has 0 aliphatic rings. The Bertz CT molecular complexity index is 729. The highest BCUT2D eigenvalue weighted by atomic mass is 16.4. The van der Waals surface area contributed by atoms with Crippen LogP contribution in [0.1, 0.15) is 96.1 Å². The van der Waals surface area contributed by atoms with Crippen LogP contribution in [-0.4, -0.2) is 31.3 Å². The normalized spacial score (nSPS) is 12.2. The number of benzene rings is 1. The minimum Gasteiger partial charge on any atom is -0.480 e. The number of aromatic nitrogens is 4. The molecule has 0 aliphatic heterocycles. The second kappa shape index (κ2) is 13.1. The van der Waals surface area contributed by atoms with Crippen molar-refractivity contribution >= 4 is 5.97 Å². The first-order valence-electron chi connectivity index (χ1n) is 11.3. The van der Waals surface area contributed by atoms with Gasteiger partial charge in [0.05, 0.1) is 0 Å². The van der Waals surface area contributed by atoms with Gasteiger partial charge in [0.2, 0.25) is 5.82 Å². The third kappa shape index (κ3) is 7.95. The lowest BCUT2D eigenvalue weighted by Crippen LogP contribution is -2.20. The Morgan fingerprint density at radius 2 is 1.66 bits per heavy atom. The summed E-state index contributed by atoms with van der Waals surface area (Å²) in [6.45, 7) is 4.06. The lowest BCUT2D eigenvalue weighted by Gasteiger charge is -2.06. The number of tetrazole rings is 1. The van der Waals surface area contributed by atoms with Crippen LogP contribution in [0.15, 0.2) is 24.3 Å². The first-order valence-corrected chi connectivity index (χ1v) is 11.3. The predicted octanol–water partition coefficient (Wildman–Crippen LogP) is 5.84. The van der Waals surface area contributed by atoms with Gasteiger partial charge < -0.3 is 5.11 Å². The molecule has 2 rings (SSSR count). The molecule has 0 amide bonds. The number of nitrogens with zero attached hydrogens (tertiary/aromatic N) is 4. The average molecular weight is 401 g/mol. The standard InChI is InChI=1S/C23H36N4O2/c1-3-5-6-7-8-9-10-11-12-13-15-19-16-14-17-20(18-19)22-24-26-27(25-22)21(4-2)23(28)29/h14,16-18,21H,3-13,15H2,1-2H3,(H,28,29). The molecule has 0 fully saturated rings. The van der Waals surface area contributed by atoms with Crippen molar-refractivity contribution < 1.29 is 9.90 Å². The monoisotopic (exact) mass is 400 g/mol. The maximum atomic E-state index is 11.3. The third-order valence-corrected chi connectivity index (χ3v) is 5.38. The first-order chi connectivity index (χ1) is 14.2. The van der Waals surface area contributed by atoms with E-state index in [4.69, 9.17) is 0 Å². The van der Waals surface area contributed by atoms with Gasteiger partial charge in [-0.1, -0.05) is 89.8 Å². The Morgan fingerprint density at radius 1 is 1.00 bits per heavy atom. The van der Waals surface area contributed by atoms with Crippen molar-refractivity contribution in [2.75, 3.05) is 0 Å². The van der Waals surface area contributed by atoms with Crippen molar-refractivity contribution in [3.63, 3.8) is 0 Å². The number of aryl methyl sites for hydroxylation is 1. The summed E-state index contributed by atoms with van der Waals surface area (Å²) in [5.41, 5.74) is 2.16. The number of carbonyl (C=O) groups is 1. The average Bonchev–Trinajstić information content (AvgIpc) is 3.20. The van der Waals surface area contributed by atoms with Gasteiger partial charge in [-0.3, -0.25) is 0 Å². The molecule has 1 aromatic carbocycles. The Hall–Kier alpha value is -2.24. The summed E-state index contributed by atoms with van der Waals surface area (Å²) in [6.07, 6.45) is 14.8. The van der Waals surface area contributed by atoms with E-state index in [1.54, 1.807) is 6.92 Å². The fourth-order valence-corrected chi connectivity index (χ4v) is 3.59. The largest absolute Gasteiger partial charge is 0.480 e. The molecule has 1 N–H and O–H groups in total. The fourth-order valence-electron chi connectivity index (χ4n) is 3.59. The van der Waals surface area contributed by atoms with Gasteiger partial charge in [0.1, 0.15) is 0 Å². The summed E-state index contributed by atoms with van der Waals surface area (Å²) in [5, 5.41) is 21.5. The van der Waals surface area contributed by atoms with E-state index in [9.17, 15) is 9.90 Å². The number of carboxylic acids is 1. The number of hydrogen-bond donors (Lipinski definition) is 1. The molecule has 0 radical (unpaired) electrons. The van der Waals surface area contributed by atoms with Gasteiger partial charge in [0.15, 0.2) is 6.04 Å². The van der Waals surface area contributed by atoms with Crippen molar-refractivity contribution in [1.29, 1.82) is 0 Å². The van der Waals surface area contributed by atoms with Crippen molar-refractivity contribution in [1.82, 2.24) is 20.2 Å². The van der Waals surface area contributed by atoms with Gasteiger partial charge in [-0.15, -0.1) is 15.0 Å². The fraction of sp³-hybridized carbons (Fsp3) is 0.652. The summed E-state index contributed by atoms with van der Waals surface area (Å²) in [5.74, 6) is -0.458. The number of hydrogen-bond acceptors (Lipinski definition) is 4. The number of unbranched alkanes of at least 4 members (excludes halogenated alkanes) is 9. The summed E-state index contributed by atoms with van der Waals surface area (Å²) < 4.78 is 0. The van der Waals surface area contributed by atoms with Gasteiger partial charge in [-0.05, 0) is 36.1 Å². The van der Waals surface area contributed by atoms with Crippen LogP contribution >= 0.6 is 0 Å². The number of rotatable bonds is 15. The van der Waals surface area contributed by atoms with Crippen LogP contribution in [0.3, 0.4) is 0 Å². The summed E-state index contributed by atoms with van der Waals surface area (Å²) >= 11 is 0. The van der Waals surface area contributed by atoms with E-state index in [1.165, 1.54) is 74.6 Å². The van der Waals surface area contributed by atoms with Gasteiger partial charge in [0, 0.05) is 5.56 Å². The van der Waals surface area contributed by atoms with Crippen LogP contribution in [0.2, 0.25) is 0 Å².